The average Bonchev–Trinajstić information content (AvgIpc) is 2.83. The Morgan fingerprint density at radius 1 is 1.50 bits per heavy atom. The number of ether oxygens (including phenoxy) is 2. The van der Waals surface area contributed by atoms with Gasteiger partial charge in [-0.2, -0.15) is 5.26 Å². The Bertz CT molecular complexity index is 664. The highest BCUT2D eigenvalue weighted by atomic mass is 32.1. The number of nitrogens with zero attached hydrogens (tertiary/aromatic N) is 1. The van der Waals surface area contributed by atoms with Gasteiger partial charge >= 0.3 is 5.97 Å². The lowest BCUT2D eigenvalue weighted by Gasteiger charge is -2.25. The van der Waals surface area contributed by atoms with Gasteiger partial charge in [0.1, 0.15) is 17.4 Å². The number of carbonyl (C=O) groups excluding carboxylic acids is 1. The first kappa shape index (κ1) is 14.2. The second-order valence-corrected chi connectivity index (χ2v) is 5.65. The van der Waals surface area contributed by atoms with Crippen molar-refractivity contribution in [2.75, 3.05) is 7.11 Å². The highest BCUT2D eigenvalue weighted by Gasteiger charge is 2.36. The standard InChI is InChI=1S/C14H14N2O3S/c1-7-4-5-10(20-7)12-9(6-15)13(16)19-8(2)11(12)14(17)18-3/h4-5,12H,16H2,1-3H3. The third-order valence-corrected chi connectivity index (χ3v) is 4.12. The molecule has 0 spiro atoms. The summed E-state index contributed by atoms with van der Waals surface area (Å²) in [5.41, 5.74) is 6.33. The Hall–Kier alpha value is -2.26. The van der Waals surface area contributed by atoms with E-state index in [4.69, 9.17) is 15.2 Å². The van der Waals surface area contributed by atoms with E-state index >= 15 is 0 Å². The van der Waals surface area contributed by atoms with Crippen molar-refractivity contribution in [1.82, 2.24) is 0 Å². The number of thiophene rings is 1. The lowest BCUT2D eigenvalue weighted by atomic mass is 9.87. The highest BCUT2D eigenvalue weighted by Crippen LogP contribution is 2.41. The smallest absolute Gasteiger partial charge is 0.338 e. The van der Waals surface area contributed by atoms with Crippen LogP contribution in [0.1, 0.15) is 22.6 Å². The minimum atomic E-state index is -0.528. The van der Waals surface area contributed by atoms with Crippen molar-refractivity contribution in [3.05, 3.63) is 44.7 Å². The first-order chi connectivity index (χ1) is 9.49. The number of allylic oxidation sites excluding steroid dienone is 2. The summed E-state index contributed by atoms with van der Waals surface area (Å²) in [6.07, 6.45) is 0. The number of aryl methyl sites for hydroxylation is 1. The summed E-state index contributed by atoms with van der Waals surface area (Å²) in [4.78, 5) is 14.0. The second-order valence-electron chi connectivity index (χ2n) is 4.33. The van der Waals surface area contributed by atoms with Crippen molar-refractivity contribution in [3.8, 4) is 6.07 Å². The largest absolute Gasteiger partial charge is 0.466 e. The third-order valence-electron chi connectivity index (χ3n) is 3.06. The van der Waals surface area contributed by atoms with E-state index in [1.54, 1.807) is 6.92 Å². The molecular formula is C14H14N2O3S. The molecule has 2 heterocycles. The average molecular weight is 290 g/mol. The zero-order chi connectivity index (χ0) is 14.9. The summed E-state index contributed by atoms with van der Waals surface area (Å²) in [6, 6.07) is 5.86. The number of carbonyl (C=O) groups is 1. The molecule has 0 fully saturated rings. The fraction of sp³-hybridized carbons (Fsp3) is 0.286. The summed E-state index contributed by atoms with van der Waals surface area (Å²) >= 11 is 1.51. The Labute approximate surface area is 120 Å². The minimum absolute atomic E-state index is 0.0358. The molecule has 0 radical (unpaired) electrons. The van der Waals surface area contributed by atoms with Crippen molar-refractivity contribution >= 4 is 17.3 Å². The molecule has 5 nitrogen and oxygen atoms in total. The van der Waals surface area contributed by atoms with Gasteiger partial charge in [0, 0.05) is 9.75 Å². The molecule has 6 heteroatoms. The van der Waals surface area contributed by atoms with E-state index in [9.17, 15) is 10.1 Å². The maximum atomic E-state index is 12.0. The third kappa shape index (κ3) is 2.28. The quantitative estimate of drug-likeness (QED) is 0.845. The minimum Gasteiger partial charge on any atom is -0.466 e. The number of hydrogen-bond acceptors (Lipinski definition) is 6. The number of nitrogens with two attached hydrogens (primary N) is 1. The van der Waals surface area contributed by atoms with Crippen molar-refractivity contribution in [2.45, 2.75) is 19.8 Å². The van der Waals surface area contributed by atoms with E-state index in [1.807, 2.05) is 25.1 Å². The number of nitriles is 1. The van der Waals surface area contributed by atoms with Crippen LogP contribution >= 0.6 is 11.3 Å². The molecule has 0 aliphatic carbocycles. The van der Waals surface area contributed by atoms with Crippen molar-refractivity contribution < 1.29 is 14.3 Å². The lowest BCUT2D eigenvalue weighted by Crippen LogP contribution is -2.24. The molecule has 104 valence electrons. The summed E-state index contributed by atoms with van der Waals surface area (Å²) in [5.74, 6) is -0.642. The van der Waals surface area contributed by atoms with Crippen LogP contribution in [-0.2, 0) is 14.3 Å². The Kier molecular flexibility index (Phi) is 3.81. The second kappa shape index (κ2) is 5.39. The normalized spacial score (nSPS) is 18.6. The van der Waals surface area contributed by atoms with E-state index in [-0.39, 0.29) is 11.5 Å². The topological polar surface area (TPSA) is 85.3 Å². The number of rotatable bonds is 2. The van der Waals surface area contributed by atoms with Crippen LogP contribution in [0.25, 0.3) is 0 Å². The maximum absolute atomic E-state index is 12.0. The molecule has 2 N–H and O–H groups in total. The lowest BCUT2D eigenvalue weighted by molar-refractivity contribution is -0.136. The first-order valence-electron chi connectivity index (χ1n) is 5.92. The summed E-state index contributed by atoms with van der Waals surface area (Å²) in [7, 11) is 1.30. The van der Waals surface area contributed by atoms with Gasteiger partial charge in [0.2, 0.25) is 5.88 Å². The summed E-state index contributed by atoms with van der Waals surface area (Å²) in [5, 5.41) is 9.32. The van der Waals surface area contributed by atoms with Gasteiger partial charge in [-0.1, -0.05) is 0 Å². The molecule has 1 aromatic rings. The molecule has 1 atom stereocenters. The molecule has 0 saturated heterocycles. The van der Waals surface area contributed by atoms with Crippen LogP contribution < -0.4 is 5.73 Å². The number of esters is 1. The van der Waals surface area contributed by atoms with E-state index in [0.29, 0.717) is 11.3 Å². The van der Waals surface area contributed by atoms with Gasteiger partial charge in [-0.05, 0) is 26.0 Å². The molecule has 1 aliphatic heterocycles. The van der Waals surface area contributed by atoms with Crippen LogP contribution in [-0.4, -0.2) is 13.1 Å². The number of hydrogen-bond donors (Lipinski definition) is 1. The van der Waals surface area contributed by atoms with Gasteiger partial charge in [0.15, 0.2) is 0 Å². The van der Waals surface area contributed by atoms with Crippen LogP contribution in [0.5, 0.6) is 0 Å². The van der Waals surface area contributed by atoms with Crippen LogP contribution in [0.3, 0.4) is 0 Å². The zero-order valence-corrected chi connectivity index (χ0v) is 12.2. The van der Waals surface area contributed by atoms with Crippen LogP contribution in [0, 0.1) is 18.3 Å². The first-order valence-corrected chi connectivity index (χ1v) is 6.74. The monoisotopic (exact) mass is 290 g/mol. The maximum Gasteiger partial charge on any atom is 0.338 e. The Balaban J connectivity index is 2.62. The van der Waals surface area contributed by atoms with Gasteiger partial charge in [0.25, 0.3) is 0 Å². The molecular weight excluding hydrogens is 276 g/mol. The fourth-order valence-electron chi connectivity index (χ4n) is 2.15. The zero-order valence-electron chi connectivity index (χ0n) is 11.4. The van der Waals surface area contributed by atoms with Crippen LogP contribution in [0.4, 0.5) is 0 Å². The summed E-state index contributed by atoms with van der Waals surface area (Å²) in [6.45, 7) is 3.60. The highest BCUT2D eigenvalue weighted by molar-refractivity contribution is 7.12. The molecule has 0 bridgehead atoms. The van der Waals surface area contributed by atoms with Crippen molar-refractivity contribution in [2.24, 2.45) is 5.73 Å². The Morgan fingerprint density at radius 2 is 2.20 bits per heavy atom. The van der Waals surface area contributed by atoms with E-state index in [2.05, 4.69) is 0 Å². The van der Waals surface area contributed by atoms with Crippen LogP contribution in [0.15, 0.2) is 34.9 Å². The van der Waals surface area contributed by atoms with Gasteiger partial charge in [-0.15, -0.1) is 11.3 Å². The molecule has 1 aromatic heterocycles. The molecule has 20 heavy (non-hydrogen) atoms. The molecule has 1 aliphatic rings. The van der Waals surface area contributed by atoms with Crippen molar-refractivity contribution in [1.29, 1.82) is 5.26 Å². The molecule has 2 rings (SSSR count). The van der Waals surface area contributed by atoms with E-state index in [1.165, 1.54) is 18.4 Å². The predicted octanol–water partition coefficient (Wildman–Crippen LogP) is 2.31. The number of methoxy groups -OCH3 is 1. The predicted molar refractivity (Wildman–Crippen MR) is 74.4 cm³/mol. The van der Waals surface area contributed by atoms with Crippen molar-refractivity contribution in [3.63, 3.8) is 0 Å². The summed E-state index contributed by atoms with van der Waals surface area (Å²) < 4.78 is 10.1. The van der Waals surface area contributed by atoms with Gasteiger partial charge < -0.3 is 15.2 Å². The molecule has 0 aromatic carbocycles. The molecule has 0 amide bonds. The fourth-order valence-corrected chi connectivity index (χ4v) is 3.15. The van der Waals surface area contributed by atoms with E-state index in [0.717, 1.165) is 9.75 Å². The van der Waals surface area contributed by atoms with Crippen LogP contribution in [0.2, 0.25) is 0 Å². The molecule has 0 saturated carbocycles. The van der Waals surface area contributed by atoms with Gasteiger partial charge in [-0.25, -0.2) is 4.79 Å². The Morgan fingerprint density at radius 3 is 2.70 bits per heavy atom. The SMILES string of the molecule is COC(=O)C1=C(C)OC(N)=C(C#N)C1c1ccc(C)s1. The molecule has 1 unspecified atom stereocenters. The van der Waals surface area contributed by atoms with Gasteiger partial charge in [-0.3, -0.25) is 0 Å². The van der Waals surface area contributed by atoms with Gasteiger partial charge in [0.05, 0.1) is 18.6 Å². The van der Waals surface area contributed by atoms with E-state index < -0.39 is 11.9 Å².